The van der Waals surface area contributed by atoms with Gasteiger partial charge in [0.2, 0.25) is 0 Å². The summed E-state index contributed by atoms with van der Waals surface area (Å²) in [6, 6.07) is 6.14. The monoisotopic (exact) mass is 231 g/mol. The fourth-order valence-corrected chi connectivity index (χ4v) is 1.72. The maximum atomic E-state index is 9.85. The van der Waals surface area contributed by atoms with Crippen molar-refractivity contribution in [3.8, 4) is 5.69 Å². The summed E-state index contributed by atoms with van der Waals surface area (Å²) in [4.78, 5) is 0. The third kappa shape index (κ3) is 2.36. The number of aromatic nitrogens is 3. The molecule has 17 heavy (non-hydrogen) atoms. The summed E-state index contributed by atoms with van der Waals surface area (Å²) >= 11 is 0. The number of rotatable bonds is 2. The standard InChI is InChI=1S/C13H17N3O/c1-9-5-6-11(10(2)7-9)16-8-12(14-15-16)13(3,4)17/h5-8,17H,1-4H3. The van der Waals surface area contributed by atoms with Gasteiger partial charge < -0.3 is 5.11 Å². The van der Waals surface area contributed by atoms with Gasteiger partial charge in [-0.1, -0.05) is 22.9 Å². The van der Waals surface area contributed by atoms with Crippen molar-refractivity contribution in [3.63, 3.8) is 0 Å². The molecule has 0 bridgehead atoms. The van der Waals surface area contributed by atoms with Crippen molar-refractivity contribution in [2.45, 2.75) is 33.3 Å². The van der Waals surface area contributed by atoms with Gasteiger partial charge in [0.1, 0.15) is 11.3 Å². The zero-order chi connectivity index (χ0) is 12.6. The predicted molar refractivity (Wildman–Crippen MR) is 66.1 cm³/mol. The van der Waals surface area contributed by atoms with Gasteiger partial charge in [-0.05, 0) is 39.3 Å². The highest BCUT2D eigenvalue weighted by atomic mass is 16.3. The highest BCUT2D eigenvalue weighted by Gasteiger charge is 2.20. The number of hydrogen-bond donors (Lipinski definition) is 1. The van der Waals surface area contributed by atoms with Crippen LogP contribution in [0.5, 0.6) is 0 Å². The first-order chi connectivity index (χ1) is 7.88. The number of hydrogen-bond acceptors (Lipinski definition) is 3. The van der Waals surface area contributed by atoms with Gasteiger partial charge in [0.25, 0.3) is 0 Å². The second-order valence-electron chi connectivity index (χ2n) is 4.90. The highest BCUT2D eigenvalue weighted by Crippen LogP contribution is 2.19. The molecule has 0 aliphatic rings. The minimum absolute atomic E-state index is 0.567. The molecule has 4 heteroatoms. The van der Waals surface area contributed by atoms with Crippen LogP contribution in [-0.2, 0) is 5.60 Å². The molecule has 1 heterocycles. The van der Waals surface area contributed by atoms with Crippen molar-refractivity contribution in [2.75, 3.05) is 0 Å². The van der Waals surface area contributed by atoms with Crippen LogP contribution in [0.25, 0.3) is 5.69 Å². The Morgan fingerprint density at radius 3 is 2.47 bits per heavy atom. The van der Waals surface area contributed by atoms with Crippen LogP contribution < -0.4 is 0 Å². The van der Waals surface area contributed by atoms with Crippen LogP contribution in [0.3, 0.4) is 0 Å². The van der Waals surface area contributed by atoms with Gasteiger partial charge in [0, 0.05) is 0 Å². The molecule has 0 saturated carbocycles. The van der Waals surface area contributed by atoms with Crippen molar-refractivity contribution >= 4 is 0 Å². The maximum Gasteiger partial charge on any atom is 0.114 e. The minimum Gasteiger partial charge on any atom is -0.384 e. The Kier molecular flexibility index (Phi) is 2.75. The summed E-state index contributed by atoms with van der Waals surface area (Å²) in [7, 11) is 0. The molecule has 2 rings (SSSR count). The van der Waals surface area contributed by atoms with Gasteiger partial charge in [-0.2, -0.15) is 0 Å². The predicted octanol–water partition coefficient (Wildman–Crippen LogP) is 2.11. The van der Waals surface area contributed by atoms with E-state index in [4.69, 9.17) is 0 Å². The van der Waals surface area contributed by atoms with Crippen molar-refractivity contribution < 1.29 is 5.11 Å². The van der Waals surface area contributed by atoms with E-state index in [1.807, 2.05) is 19.1 Å². The summed E-state index contributed by atoms with van der Waals surface area (Å²) in [5.74, 6) is 0. The lowest BCUT2D eigenvalue weighted by Crippen LogP contribution is -2.15. The molecule has 0 unspecified atom stereocenters. The molecule has 0 spiro atoms. The van der Waals surface area contributed by atoms with E-state index in [1.54, 1.807) is 24.7 Å². The van der Waals surface area contributed by atoms with E-state index in [-0.39, 0.29) is 0 Å². The Labute approximate surface area is 101 Å². The van der Waals surface area contributed by atoms with E-state index in [0.717, 1.165) is 11.3 Å². The lowest BCUT2D eigenvalue weighted by molar-refractivity contribution is 0.0737. The van der Waals surface area contributed by atoms with E-state index in [1.165, 1.54) is 5.56 Å². The molecule has 1 N–H and O–H groups in total. The van der Waals surface area contributed by atoms with Crippen LogP contribution in [0, 0.1) is 13.8 Å². The molecule has 2 aromatic rings. The van der Waals surface area contributed by atoms with Crippen molar-refractivity contribution in [1.82, 2.24) is 15.0 Å². The maximum absolute atomic E-state index is 9.85. The molecule has 0 amide bonds. The zero-order valence-corrected chi connectivity index (χ0v) is 10.6. The van der Waals surface area contributed by atoms with Crippen LogP contribution in [0.1, 0.15) is 30.7 Å². The number of benzene rings is 1. The molecule has 4 nitrogen and oxygen atoms in total. The molecule has 0 radical (unpaired) electrons. The summed E-state index contributed by atoms with van der Waals surface area (Å²) in [5.41, 5.74) is 2.94. The van der Waals surface area contributed by atoms with Gasteiger partial charge in [0.05, 0.1) is 11.9 Å². The number of nitrogens with zero attached hydrogens (tertiary/aromatic N) is 3. The van der Waals surface area contributed by atoms with Gasteiger partial charge in [0.15, 0.2) is 0 Å². The largest absolute Gasteiger partial charge is 0.384 e. The summed E-state index contributed by atoms with van der Waals surface area (Å²) < 4.78 is 1.70. The van der Waals surface area contributed by atoms with Crippen LogP contribution >= 0.6 is 0 Å². The second kappa shape index (κ2) is 3.96. The van der Waals surface area contributed by atoms with Crippen molar-refractivity contribution in [1.29, 1.82) is 0 Å². The van der Waals surface area contributed by atoms with Crippen LogP contribution in [-0.4, -0.2) is 20.1 Å². The molecular weight excluding hydrogens is 214 g/mol. The Morgan fingerprint density at radius 1 is 1.24 bits per heavy atom. The van der Waals surface area contributed by atoms with E-state index >= 15 is 0 Å². The molecule has 0 atom stereocenters. The fraction of sp³-hybridized carbons (Fsp3) is 0.385. The summed E-state index contributed by atoms with van der Waals surface area (Å²) in [6.07, 6.45) is 1.76. The zero-order valence-electron chi connectivity index (χ0n) is 10.6. The molecule has 1 aromatic carbocycles. The van der Waals surface area contributed by atoms with Gasteiger partial charge in [-0.3, -0.25) is 0 Å². The van der Waals surface area contributed by atoms with Crippen LogP contribution in [0.15, 0.2) is 24.4 Å². The summed E-state index contributed by atoms with van der Waals surface area (Å²) in [6.45, 7) is 7.49. The van der Waals surface area contributed by atoms with E-state index in [0.29, 0.717) is 5.69 Å². The first-order valence-electron chi connectivity index (χ1n) is 5.61. The third-order valence-electron chi connectivity index (χ3n) is 2.72. The summed E-state index contributed by atoms with van der Waals surface area (Å²) in [5, 5.41) is 17.9. The molecular formula is C13H17N3O. The van der Waals surface area contributed by atoms with Crippen LogP contribution in [0.4, 0.5) is 0 Å². The quantitative estimate of drug-likeness (QED) is 0.861. The molecule has 1 aromatic heterocycles. The average Bonchev–Trinajstić information content (AvgIpc) is 2.65. The first kappa shape index (κ1) is 11.8. The molecule has 90 valence electrons. The van der Waals surface area contributed by atoms with Gasteiger partial charge >= 0.3 is 0 Å². The Morgan fingerprint density at radius 2 is 1.94 bits per heavy atom. The Balaban J connectivity index is 2.44. The second-order valence-corrected chi connectivity index (χ2v) is 4.90. The molecule has 0 saturated heterocycles. The normalized spacial score (nSPS) is 11.8. The third-order valence-corrected chi connectivity index (χ3v) is 2.72. The molecule has 0 aliphatic carbocycles. The molecule has 0 aliphatic heterocycles. The first-order valence-corrected chi connectivity index (χ1v) is 5.61. The van der Waals surface area contributed by atoms with Crippen molar-refractivity contribution in [3.05, 3.63) is 41.2 Å². The molecule has 0 fully saturated rings. The highest BCUT2D eigenvalue weighted by molar-refractivity contribution is 5.41. The minimum atomic E-state index is -0.961. The van der Waals surface area contributed by atoms with E-state index in [9.17, 15) is 5.11 Å². The van der Waals surface area contributed by atoms with E-state index < -0.39 is 5.60 Å². The Hall–Kier alpha value is -1.68. The Bertz CT molecular complexity index is 538. The topological polar surface area (TPSA) is 50.9 Å². The fourth-order valence-electron chi connectivity index (χ4n) is 1.72. The van der Waals surface area contributed by atoms with Gasteiger partial charge in [-0.15, -0.1) is 5.10 Å². The number of aryl methyl sites for hydroxylation is 2. The lowest BCUT2D eigenvalue weighted by Gasteiger charge is -2.12. The lowest BCUT2D eigenvalue weighted by atomic mass is 10.1. The smallest absolute Gasteiger partial charge is 0.114 e. The van der Waals surface area contributed by atoms with Crippen molar-refractivity contribution in [2.24, 2.45) is 0 Å². The number of aliphatic hydroxyl groups is 1. The SMILES string of the molecule is Cc1ccc(-n2cc(C(C)(C)O)nn2)c(C)c1. The average molecular weight is 231 g/mol. The van der Waals surface area contributed by atoms with Crippen LogP contribution in [0.2, 0.25) is 0 Å². The van der Waals surface area contributed by atoms with Gasteiger partial charge in [-0.25, -0.2) is 4.68 Å². The van der Waals surface area contributed by atoms with E-state index in [2.05, 4.69) is 23.3 Å².